The van der Waals surface area contributed by atoms with Crippen molar-refractivity contribution < 1.29 is 4.74 Å². The Labute approximate surface area is 119 Å². The molecule has 0 bridgehead atoms. The van der Waals surface area contributed by atoms with Crippen LogP contribution in [0.4, 0.5) is 5.69 Å². The van der Waals surface area contributed by atoms with Crippen LogP contribution in [0.2, 0.25) is 0 Å². The van der Waals surface area contributed by atoms with Gasteiger partial charge in [0.25, 0.3) is 0 Å². The Balaban J connectivity index is 2.02. The first-order valence-corrected chi connectivity index (χ1v) is 7.81. The van der Waals surface area contributed by atoms with Crippen LogP contribution in [0.5, 0.6) is 0 Å². The predicted octanol–water partition coefficient (Wildman–Crippen LogP) is 3.51. The van der Waals surface area contributed by atoms with Crippen LogP contribution in [0.25, 0.3) is 0 Å². The van der Waals surface area contributed by atoms with Crippen LogP contribution in [0.3, 0.4) is 0 Å². The lowest BCUT2D eigenvalue weighted by atomic mass is 10.0. The van der Waals surface area contributed by atoms with Crippen molar-refractivity contribution in [2.24, 2.45) is 5.92 Å². The molecule has 2 rings (SSSR count). The molecule has 3 nitrogen and oxygen atoms in total. The van der Waals surface area contributed by atoms with Gasteiger partial charge in [0, 0.05) is 18.0 Å². The average molecular weight is 276 g/mol. The maximum atomic E-state index is 9.33. The van der Waals surface area contributed by atoms with E-state index in [4.69, 9.17) is 4.74 Å². The van der Waals surface area contributed by atoms with E-state index >= 15 is 0 Å². The number of ether oxygens (including phenoxy) is 1. The van der Waals surface area contributed by atoms with Crippen LogP contribution in [0.15, 0.2) is 23.1 Å². The van der Waals surface area contributed by atoms with Crippen LogP contribution < -0.4 is 5.32 Å². The fraction of sp³-hybridized carbons (Fsp3) is 0.533. The van der Waals surface area contributed by atoms with Gasteiger partial charge in [-0.3, -0.25) is 0 Å². The topological polar surface area (TPSA) is 45.0 Å². The van der Waals surface area contributed by atoms with E-state index in [1.54, 1.807) is 11.8 Å². The van der Waals surface area contributed by atoms with E-state index in [0.717, 1.165) is 48.1 Å². The Bertz CT molecular complexity index is 450. The van der Waals surface area contributed by atoms with Gasteiger partial charge in [-0.25, -0.2) is 0 Å². The van der Waals surface area contributed by atoms with Crippen molar-refractivity contribution in [3.8, 4) is 6.07 Å². The highest BCUT2D eigenvalue weighted by atomic mass is 32.2. The number of nitrogens with one attached hydrogen (secondary N) is 1. The van der Waals surface area contributed by atoms with Crippen molar-refractivity contribution in [1.29, 1.82) is 5.26 Å². The zero-order valence-corrected chi connectivity index (χ0v) is 12.1. The summed E-state index contributed by atoms with van der Waals surface area (Å²) < 4.78 is 5.48. The number of benzene rings is 1. The van der Waals surface area contributed by atoms with Crippen molar-refractivity contribution in [3.05, 3.63) is 23.8 Å². The van der Waals surface area contributed by atoms with E-state index in [-0.39, 0.29) is 0 Å². The second-order valence-electron chi connectivity index (χ2n) is 4.69. The van der Waals surface area contributed by atoms with Crippen LogP contribution in [0.1, 0.15) is 25.3 Å². The molecule has 0 spiro atoms. The van der Waals surface area contributed by atoms with Gasteiger partial charge in [0.05, 0.1) is 17.9 Å². The minimum atomic E-state index is 0.558. The van der Waals surface area contributed by atoms with E-state index in [9.17, 15) is 5.26 Å². The Hall–Kier alpha value is -1.18. The molecule has 1 unspecified atom stereocenters. The molecule has 0 saturated carbocycles. The average Bonchev–Trinajstić information content (AvgIpc) is 2.46. The summed E-state index contributed by atoms with van der Waals surface area (Å²) in [6.45, 7) is 4.71. The molecule has 19 heavy (non-hydrogen) atoms. The Kier molecular flexibility index (Phi) is 5.56. The molecule has 1 aromatic carbocycles. The summed E-state index contributed by atoms with van der Waals surface area (Å²) in [7, 11) is 0. The summed E-state index contributed by atoms with van der Waals surface area (Å²) in [5.74, 6) is 1.54. The van der Waals surface area contributed by atoms with Gasteiger partial charge in [0.2, 0.25) is 0 Å². The predicted molar refractivity (Wildman–Crippen MR) is 79.6 cm³/mol. The largest absolute Gasteiger partial charge is 0.384 e. The summed E-state index contributed by atoms with van der Waals surface area (Å²) in [6.07, 6.45) is 2.35. The molecule has 1 aliphatic heterocycles. The third-order valence-electron chi connectivity index (χ3n) is 3.27. The highest BCUT2D eigenvalue weighted by Gasteiger charge is 2.15. The fourth-order valence-corrected chi connectivity index (χ4v) is 3.08. The normalized spacial score (nSPS) is 18.8. The van der Waals surface area contributed by atoms with Gasteiger partial charge in [0.15, 0.2) is 0 Å². The molecule has 1 aliphatic rings. The van der Waals surface area contributed by atoms with Gasteiger partial charge in [-0.2, -0.15) is 5.26 Å². The van der Waals surface area contributed by atoms with Crippen molar-refractivity contribution in [3.63, 3.8) is 0 Å². The first-order chi connectivity index (χ1) is 9.35. The molecule has 1 atom stereocenters. The van der Waals surface area contributed by atoms with E-state index in [0.29, 0.717) is 5.92 Å². The number of nitrogens with zero attached hydrogens (tertiary/aromatic N) is 1. The second-order valence-corrected chi connectivity index (χ2v) is 5.99. The molecular formula is C15H20N2OS. The molecule has 0 radical (unpaired) electrons. The van der Waals surface area contributed by atoms with Crippen molar-refractivity contribution >= 4 is 17.4 Å². The molecule has 102 valence electrons. The lowest BCUT2D eigenvalue weighted by molar-refractivity contribution is 0.0595. The smallest absolute Gasteiger partial charge is 0.102 e. The number of rotatable bonds is 5. The molecule has 1 fully saturated rings. The number of anilines is 1. The van der Waals surface area contributed by atoms with Crippen LogP contribution >= 0.6 is 11.8 Å². The Morgan fingerprint density at radius 2 is 2.42 bits per heavy atom. The standard InChI is InChI=1S/C15H20N2OS/c1-2-19-15-7-3-6-14(13(15)9-16)17-10-12-5-4-8-18-11-12/h3,6-7,12,17H,2,4-5,8,10-11H2,1H3. The zero-order valence-electron chi connectivity index (χ0n) is 11.3. The number of hydrogen-bond acceptors (Lipinski definition) is 4. The molecule has 1 saturated heterocycles. The third kappa shape index (κ3) is 3.89. The number of nitriles is 1. The molecular weight excluding hydrogens is 256 g/mol. The van der Waals surface area contributed by atoms with Crippen molar-refractivity contribution in [2.45, 2.75) is 24.7 Å². The molecule has 0 amide bonds. The lowest BCUT2D eigenvalue weighted by Crippen LogP contribution is -2.24. The number of thioether (sulfide) groups is 1. The summed E-state index contributed by atoms with van der Waals surface area (Å²) >= 11 is 1.71. The van der Waals surface area contributed by atoms with Gasteiger partial charge in [0.1, 0.15) is 6.07 Å². The van der Waals surface area contributed by atoms with Gasteiger partial charge in [-0.05, 0) is 36.6 Å². The third-order valence-corrected chi connectivity index (χ3v) is 4.21. The van der Waals surface area contributed by atoms with E-state index in [1.807, 2.05) is 18.2 Å². The molecule has 0 aromatic heterocycles. The minimum absolute atomic E-state index is 0.558. The van der Waals surface area contributed by atoms with Crippen LogP contribution in [-0.4, -0.2) is 25.5 Å². The van der Waals surface area contributed by atoms with E-state index < -0.39 is 0 Å². The zero-order chi connectivity index (χ0) is 13.5. The van der Waals surface area contributed by atoms with Gasteiger partial charge in [-0.1, -0.05) is 13.0 Å². The Morgan fingerprint density at radius 3 is 3.11 bits per heavy atom. The van der Waals surface area contributed by atoms with E-state index in [1.165, 1.54) is 6.42 Å². The maximum absolute atomic E-state index is 9.33. The summed E-state index contributed by atoms with van der Waals surface area (Å²) in [4.78, 5) is 1.06. The molecule has 1 heterocycles. The van der Waals surface area contributed by atoms with Gasteiger partial charge in [-0.15, -0.1) is 11.8 Å². The monoisotopic (exact) mass is 276 g/mol. The lowest BCUT2D eigenvalue weighted by Gasteiger charge is -2.23. The van der Waals surface area contributed by atoms with E-state index in [2.05, 4.69) is 18.3 Å². The maximum Gasteiger partial charge on any atom is 0.102 e. The summed E-state index contributed by atoms with van der Waals surface area (Å²) in [5, 5.41) is 12.8. The van der Waals surface area contributed by atoms with Crippen LogP contribution in [-0.2, 0) is 4.74 Å². The first-order valence-electron chi connectivity index (χ1n) is 6.82. The van der Waals surface area contributed by atoms with Crippen LogP contribution in [0, 0.1) is 17.2 Å². The van der Waals surface area contributed by atoms with Gasteiger partial charge < -0.3 is 10.1 Å². The van der Waals surface area contributed by atoms with Crippen molar-refractivity contribution in [2.75, 3.05) is 30.8 Å². The second kappa shape index (κ2) is 7.42. The SMILES string of the molecule is CCSc1cccc(NCC2CCCOC2)c1C#N. The summed E-state index contributed by atoms with van der Waals surface area (Å²) in [5.41, 5.74) is 1.72. The molecule has 1 N–H and O–H groups in total. The van der Waals surface area contributed by atoms with Crippen molar-refractivity contribution in [1.82, 2.24) is 0 Å². The minimum Gasteiger partial charge on any atom is -0.384 e. The molecule has 1 aromatic rings. The number of hydrogen-bond donors (Lipinski definition) is 1. The highest BCUT2D eigenvalue weighted by molar-refractivity contribution is 7.99. The fourth-order valence-electron chi connectivity index (χ4n) is 2.29. The quantitative estimate of drug-likeness (QED) is 0.836. The molecule has 0 aliphatic carbocycles. The Morgan fingerprint density at radius 1 is 1.53 bits per heavy atom. The highest BCUT2D eigenvalue weighted by Crippen LogP contribution is 2.28. The first kappa shape index (κ1) is 14.2. The molecule has 4 heteroatoms. The van der Waals surface area contributed by atoms with Gasteiger partial charge >= 0.3 is 0 Å². The summed E-state index contributed by atoms with van der Waals surface area (Å²) in [6, 6.07) is 8.34.